The molecule has 5 aliphatic rings. The van der Waals surface area contributed by atoms with Crippen molar-refractivity contribution in [3.63, 3.8) is 0 Å². The molecule has 5 fully saturated rings. The van der Waals surface area contributed by atoms with Crippen molar-refractivity contribution in [1.29, 1.82) is 0 Å². The molecule has 0 aromatic carbocycles. The molecule has 33 heavy (non-hydrogen) atoms. The first kappa shape index (κ1) is 24.1. The van der Waals surface area contributed by atoms with Crippen LogP contribution in [0.5, 0.6) is 0 Å². The quantitative estimate of drug-likeness (QED) is 0.568. The molecule has 0 amide bonds. The summed E-state index contributed by atoms with van der Waals surface area (Å²) in [6, 6.07) is -0.277. The van der Waals surface area contributed by atoms with Crippen LogP contribution >= 0.6 is 0 Å². The zero-order valence-electron chi connectivity index (χ0n) is 21.5. The standard InChI is InChI=1S/C28H47NO4/c1-26(2)14-11-22-27(3,21(26)13-17-29-16-7-10-20(29)24(30)31)15-12-23-28(22,4)18-32-25(33-23)19-8-5-6-9-19/h19-23,25H,5-18H2,1-4H3,(H,30,31)/t20-,21-,22?,23-,25-,27+,28+/m1/s1. The number of carbonyl (C=O) groups is 1. The zero-order chi connectivity index (χ0) is 23.4. The second-order valence-corrected chi connectivity index (χ2v) is 13.4. The van der Waals surface area contributed by atoms with Crippen LogP contribution in [0.15, 0.2) is 0 Å². The van der Waals surface area contributed by atoms with E-state index in [1.54, 1.807) is 0 Å². The molecule has 7 atom stereocenters. The first-order valence-electron chi connectivity index (χ1n) is 13.9. The van der Waals surface area contributed by atoms with E-state index in [4.69, 9.17) is 9.47 Å². The molecule has 2 heterocycles. The van der Waals surface area contributed by atoms with Crippen LogP contribution in [-0.2, 0) is 14.3 Å². The number of hydrogen-bond donors (Lipinski definition) is 1. The first-order chi connectivity index (χ1) is 15.6. The second kappa shape index (κ2) is 8.78. The molecule has 2 saturated heterocycles. The van der Waals surface area contributed by atoms with Gasteiger partial charge < -0.3 is 14.6 Å². The van der Waals surface area contributed by atoms with Gasteiger partial charge in [0.15, 0.2) is 6.29 Å². The van der Waals surface area contributed by atoms with Gasteiger partial charge in [-0.1, -0.05) is 40.5 Å². The number of carboxylic acid groups (broad SMARTS) is 1. The van der Waals surface area contributed by atoms with Crippen LogP contribution in [0.3, 0.4) is 0 Å². The molecule has 3 saturated carbocycles. The summed E-state index contributed by atoms with van der Waals surface area (Å²) in [4.78, 5) is 14.0. The summed E-state index contributed by atoms with van der Waals surface area (Å²) in [5.41, 5.74) is 0.641. The molecule has 5 heteroatoms. The molecule has 188 valence electrons. The monoisotopic (exact) mass is 461 g/mol. The molecular weight excluding hydrogens is 414 g/mol. The van der Waals surface area contributed by atoms with E-state index in [2.05, 4.69) is 32.6 Å². The van der Waals surface area contributed by atoms with Crippen LogP contribution in [0.1, 0.15) is 98.3 Å². The number of fused-ring (bicyclic) bond motifs is 3. The highest BCUT2D eigenvalue weighted by atomic mass is 16.7. The van der Waals surface area contributed by atoms with Crippen molar-refractivity contribution < 1.29 is 19.4 Å². The molecule has 1 unspecified atom stereocenters. The fourth-order valence-electron chi connectivity index (χ4n) is 9.33. The molecule has 0 radical (unpaired) electrons. The van der Waals surface area contributed by atoms with Crippen molar-refractivity contribution in [3.05, 3.63) is 0 Å². The Bertz CT molecular complexity index is 733. The molecule has 1 N–H and O–H groups in total. The summed E-state index contributed by atoms with van der Waals surface area (Å²) in [6.45, 7) is 12.7. The van der Waals surface area contributed by atoms with Gasteiger partial charge in [-0.2, -0.15) is 0 Å². The van der Waals surface area contributed by atoms with Gasteiger partial charge in [-0.05, 0) is 93.5 Å². The fourth-order valence-corrected chi connectivity index (χ4v) is 9.33. The molecule has 0 aromatic rings. The largest absolute Gasteiger partial charge is 0.480 e. The zero-order valence-corrected chi connectivity index (χ0v) is 21.5. The van der Waals surface area contributed by atoms with Crippen LogP contribution in [0.2, 0.25) is 0 Å². The smallest absolute Gasteiger partial charge is 0.320 e. The number of carboxylic acids is 1. The minimum absolute atomic E-state index is 0.0221. The summed E-state index contributed by atoms with van der Waals surface area (Å²) >= 11 is 0. The third-order valence-electron chi connectivity index (χ3n) is 11.1. The fraction of sp³-hybridized carbons (Fsp3) is 0.964. The van der Waals surface area contributed by atoms with Gasteiger partial charge in [-0.3, -0.25) is 9.69 Å². The molecule has 2 aliphatic heterocycles. The molecule has 5 nitrogen and oxygen atoms in total. The summed E-state index contributed by atoms with van der Waals surface area (Å²) in [5, 5.41) is 9.66. The first-order valence-corrected chi connectivity index (χ1v) is 13.9. The van der Waals surface area contributed by atoms with Crippen LogP contribution in [0, 0.1) is 34.0 Å². The van der Waals surface area contributed by atoms with Gasteiger partial charge in [0.1, 0.15) is 6.04 Å². The predicted octanol–water partition coefficient (Wildman–Crippen LogP) is 5.72. The minimum atomic E-state index is -0.638. The summed E-state index contributed by atoms with van der Waals surface area (Å²) in [6.07, 6.45) is 13.3. The van der Waals surface area contributed by atoms with Gasteiger partial charge in [0.2, 0.25) is 0 Å². The Kier molecular flexibility index (Phi) is 6.40. The average molecular weight is 462 g/mol. The van der Waals surface area contributed by atoms with E-state index in [0.717, 1.165) is 45.4 Å². The third kappa shape index (κ3) is 4.08. The van der Waals surface area contributed by atoms with Crippen molar-refractivity contribution in [3.8, 4) is 0 Å². The minimum Gasteiger partial charge on any atom is -0.480 e. The van der Waals surface area contributed by atoms with Crippen molar-refractivity contribution in [2.24, 2.45) is 34.0 Å². The van der Waals surface area contributed by atoms with E-state index in [1.807, 2.05) is 0 Å². The predicted molar refractivity (Wildman–Crippen MR) is 129 cm³/mol. The van der Waals surface area contributed by atoms with Gasteiger partial charge in [0.05, 0.1) is 12.7 Å². The Balaban J connectivity index is 1.33. The number of ether oxygens (including phenoxy) is 2. The number of aliphatic carboxylic acids is 1. The van der Waals surface area contributed by atoms with Gasteiger partial charge in [-0.15, -0.1) is 0 Å². The summed E-state index contributed by atoms with van der Waals surface area (Å²) < 4.78 is 13.2. The van der Waals surface area contributed by atoms with Crippen molar-refractivity contribution >= 4 is 5.97 Å². The SMILES string of the molecule is CC1(C)CCC2[C@]3(C)CO[C@@H](C4CCCC4)O[C@@H]3CC[C@@]2(C)[C@@H]1CCN1CCC[C@@H]1C(=O)O. The van der Waals surface area contributed by atoms with Crippen LogP contribution in [0.25, 0.3) is 0 Å². The Morgan fingerprint density at radius 1 is 0.970 bits per heavy atom. The number of likely N-dealkylation sites (tertiary alicyclic amines) is 1. The Labute approximate surface area is 201 Å². The van der Waals surface area contributed by atoms with E-state index in [-0.39, 0.29) is 28.6 Å². The van der Waals surface area contributed by atoms with Gasteiger partial charge in [0, 0.05) is 11.3 Å². The van der Waals surface area contributed by atoms with E-state index >= 15 is 0 Å². The summed E-state index contributed by atoms with van der Waals surface area (Å²) in [5.74, 6) is 1.17. The van der Waals surface area contributed by atoms with E-state index in [0.29, 0.717) is 23.9 Å². The molecular formula is C28H47NO4. The molecule has 0 aromatic heterocycles. The maximum atomic E-state index is 11.7. The maximum absolute atomic E-state index is 11.7. The highest BCUT2D eigenvalue weighted by Crippen LogP contribution is 2.66. The molecule has 3 aliphatic carbocycles. The number of rotatable bonds is 5. The highest BCUT2D eigenvalue weighted by molar-refractivity contribution is 5.73. The van der Waals surface area contributed by atoms with Crippen LogP contribution < -0.4 is 0 Å². The van der Waals surface area contributed by atoms with Gasteiger partial charge in [-0.25, -0.2) is 0 Å². The maximum Gasteiger partial charge on any atom is 0.320 e. The van der Waals surface area contributed by atoms with Crippen molar-refractivity contribution in [2.75, 3.05) is 19.7 Å². The molecule has 0 spiro atoms. The normalized spacial score (nSPS) is 46.1. The topological polar surface area (TPSA) is 59.0 Å². The Morgan fingerprint density at radius 3 is 2.45 bits per heavy atom. The Hall–Kier alpha value is -0.650. The lowest BCUT2D eigenvalue weighted by Crippen LogP contribution is -2.63. The van der Waals surface area contributed by atoms with E-state index in [1.165, 1.54) is 44.9 Å². The van der Waals surface area contributed by atoms with Crippen LogP contribution in [0.4, 0.5) is 0 Å². The van der Waals surface area contributed by atoms with Crippen LogP contribution in [-0.4, -0.2) is 54.1 Å². The lowest BCUT2D eigenvalue weighted by atomic mass is 9.42. The van der Waals surface area contributed by atoms with E-state index < -0.39 is 5.97 Å². The van der Waals surface area contributed by atoms with Gasteiger partial charge >= 0.3 is 5.97 Å². The molecule has 0 bridgehead atoms. The average Bonchev–Trinajstić information content (AvgIpc) is 3.44. The number of nitrogens with zero attached hydrogens (tertiary/aromatic N) is 1. The second-order valence-electron chi connectivity index (χ2n) is 13.4. The summed E-state index contributed by atoms with van der Waals surface area (Å²) in [7, 11) is 0. The number of hydrogen-bond acceptors (Lipinski definition) is 4. The van der Waals surface area contributed by atoms with Gasteiger partial charge in [0.25, 0.3) is 0 Å². The molecule has 5 rings (SSSR count). The lowest BCUT2D eigenvalue weighted by Gasteiger charge is -2.65. The Morgan fingerprint density at radius 2 is 1.73 bits per heavy atom. The highest BCUT2D eigenvalue weighted by Gasteiger charge is 2.62. The third-order valence-corrected chi connectivity index (χ3v) is 11.1. The van der Waals surface area contributed by atoms with Crippen molar-refractivity contribution in [1.82, 2.24) is 4.90 Å². The van der Waals surface area contributed by atoms with E-state index in [9.17, 15) is 9.90 Å². The van der Waals surface area contributed by atoms with Crippen molar-refractivity contribution in [2.45, 2.75) is 117 Å². The lowest BCUT2D eigenvalue weighted by molar-refractivity contribution is -0.322.